The number of anilines is 1. The Hall–Kier alpha value is -1.44. The standard InChI is InChI=1S/C13H19N3O3S/c1-14-7-5-13(17)16-8-6-10-3-4-11(9-12(10)16)20(18,19)15-2/h3-4,9,14-15H,5-8H2,1-2H3. The molecular formula is C13H19N3O3S. The third kappa shape index (κ3) is 2.84. The molecule has 0 bridgehead atoms. The molecule has 1 heterocycles. The molecule has 20 heavy (non-hydrogen) atoms. The highest BCUT2D eigenvalue weighted by Crippen LogP contribution is 2.30. The van der Waals surface area contributed by atoms with E-state index in [-0.39, 0.29) is 10.8 Å². The lowest BCUT2D eigenvalue weighted by Gasteiger charge is -2.18. The first-order valence-electron chi connectivity index (χ1n) is 6.51. The average molecular weight is 297 g/mol. The largest absolute Gasteiger partial charge is 0.319 e. The quantitative estimate of drug-likeness (QED) is 0.807. The number of hydrogen-bond donors (Lipinski definition) is 2. The molecule has 6 nitrogen and oxygen atoms in total. The number of benzene rings is 1. The first-order valence-corrected chi connectivity index (χ1v) is 7.99. The Kier molecular flexibility index (Phi) is 4.42. The van der Waals surface area contributed by atoms with E-state index in [4.69, 9.17) is 0 Å². The molecule has 0 radical (unpaired) electrons. The van der Waals surface area contributed by atoms with Gasteiger partial charge in [0, 0.05) is 25.2 Å². The summed E-state index contributed by atoms with van der Waals surface area (Å²) in [7, 11) is -0.318. The first kappa shape index (κ1) is 15.0. The van der Waals surface area contributed by atoms with Gasteiger partial charge in [-0.25, -0.2) is 13.1 Å². The third-order valence-electron chi connectivity index (χ3n) is 3.42. The molecule has 0 spiro atoms. The molecule has 2 rings (SSSR count). The summed E-state index contributed by atoms with van der Waals surface area (Å²) in [5.74, 6) is 0.0112. The van der Waals surface area contributed by atoms with E-state index >= 15 is 0 Å². The maximum absolute atomic E-state index is 12.1. The number of amides is 1. The zero-order valence-corrected chi connectivity index (χ0v) is 12.5. The topological polar surface area (TPSA) is 78.5 Å². The highest BCUT2D eigenvalue weighted by Gasteiger charge is 2.26. The maximum atomic E-state index is 12.1. The molecular weight excluding hydrogens is 278 g/mol. The van der Waals surface area contributed by atoms with Gasteiger partial charge in [0.05, 0.1) is 4.90 Å². The van der Waals surface area contributed by atoms with Crippen molar-refractivity contribution in [2.45, 2.75) is 17.7 Å². The molecule has 1 aromatic rings. The van der Waals surface area contributed by atoms with Crippen LogP contribution < -0.4 is 14.9 Å². The number of sulfonamides is 1. The van der Waals surface area contributed by atoms with Crippen molar-refractivity contribution in [3.05, 3.63) is 23.8 Å². The highest BCUT2D eigenvalue weighted by molar-refractivity contribution is 7.89. The van der Waals surface area contributed by atoms with Crippen molar-refractivity contribution >= 4 is 21.6 Å². The van der Waals surface area contributed by atoms with Crippen molar-refractivity contribution < 1.29 is 13.2 Å². The van der Waals surface area contributed by atoms with E-state index in [2.05, 4.69) is 10.0 Å². The van der Waals surface area contributed by atoms with Crippen molar-refractivity contribution in [3.8, 4) is 0 Å². The van der Waals surface area contributed by atoms with Crippen LogP contribution in [0.3, 0.4) is 0 Å². The fourth-order valence-electron chi connectivity index (χ4n) is 2.27. The number of carbonyl (C=O) groups excluding carboxylic acids is 1. The van der Waals surface area contributed by atoms with E-state index in [9.17, 15) is 13.2 Å². The predicted octanol–water partition coefficient (Wildman–Crippen LogP) is 0.0933. The minimum atomic E-state index is -3.49. The molecule has 110 valence electrons. The first-order chi connectivity index (χ1) is 9.49. The van der Waals surface area contributed by atoms with Gasteiger partial charge in [0.25, 0.3) is 0 Å². The Bertz CT molecular complexity index is 613. The second-order valence-electron chi connectivity index (χ2n) is 4.65. The summed E-state index contributed by atoms with van der Waals surface area (Å²) < 4.78 is 25.9. The van der Waals surface area contributed by atoms with Crippen LogP contribution in [0.1, 0.15) is 12.0 Å². The maximum Gasteiger partial charge on any atom is 0.240 e. The average Bonchev–Trinajstić information content (AvgIpc) is 2.87. The molecule has 1 aliphatic rings. The van der Waals surface area contributed by atoms with Crippen LogP contribution in [0.5, 0.6) is 0 Å². The van der Waals surface area contributed by atoms with Gasteiger partial charge in [-0.2, -0.15) is 0 Å². The molecule has 0 aromatic heterocycles. The monoisotopic (exact) mass is 297 g/mol. The van der Waals surface area contributed by atoms with Gasteiger partial charge in [-0.05, 0) is 38.2 Å². The van der Waals surface area contributed by atoms with Crippen molar-refractivity contribution in [1.29, 1.82) is 0 Å². The van der Waals surface area contributed by atoms with Gasteiger partial charge in [-0.1, -0.05) is 6.07 Å². The summed E-state index contributed by atoms with van der Waals surface area (Å²) in [5.41, 5.74) is 1.72. The molecule has 1 aliphatic heterocycles. The number of carbonyl (C=O) groups is 1. The van der Waals surface area contributed by atoms with Gasteiger partial charge < -0.3 is 10.2 Å². The lowest BCUT2D eigenvalue weighted by atomic mass is 10.2. The van der Waals surface area contributed by atoms with E-state index in [0.717, 1.165) is 12.0 Å². The van der Waals surface area contributed by atoms with Crippen LogP contribution in [-0.2, 0) is 21.2 Å². The molecule has 0 atom stereocenters. The van der Waals surface area contributed by atoms with Gasteiger partial charge >= 0.3 is 0 Å². The summed E-state index contributed by atoms with van der Waals surface area (Å²) in [5, 5.41) is 2.94. The molecule has 7 heteroatoms. The van der Waals surface area contributed by atoms with Gasteiger partial charge in [-0.3, -0.25) is 4.79 Å². The smallest absolute Gasteiger partial charge is 0.240 e. The highest BCUT2D eigenvalue weighted by atomic mass is 32.2. The minimum Gasteiger partial charge on any atom is -0.319 e. The van der Waals surface area contributed by atoms with Crippen LogP contribution in [-0.4, -0.2) is 41.5 Å². The van der Waals surface area contributed by atoms with Crippen LogP contribution in [0.4, 0.5) is 5.69 Å². The van der Waals surface area contributed by atoms with Crippen LogP contribution >= 0.6 is 0 Å². The summed E-state index contributed by atoms with van der Waals surface area (Å²) in [6.07, 6.45) is 1.17. The normalized spacial score (nSPS) is 14.4. The number of hydrogen-bond acceptors (Lipinski definition) is 4. The molecule has 0 fully saturated rings. The van der Waals surface area contributed by atoms with Crippen LogP contribution in [0.25, 0.3) is 0 Å². The zero-order valence-electron chi connectivity index (χ0n) is 11.6. The Morgan fingerprint density at radius 1 is 1.35 bits per heavy atom. The fraction of sp³-hybridized carbons (Fsp3) is 0.462. The minimum absolute atomic E-state index is 0.0112. The molecule has 0 unspecified atom stereocenters. The van der Waals surface area contributed by atoms with E-state index in [1.807, 2.05) is 0 Å². The van der Waals surface area contributed by atoms with Crippen molar-refractivity contribution in [1.82, 2.24) is 10.0 Å². The van der Waals surface area contributed by atoms with Crippen LogP contribution in [0.15, 0.2) is 23.1 Å². The molecule has 0 saturated heterocycles. The van der Waals surface area contributed by atoms with Crippen molar-refractivity contribution in [2.24, 2.45) is 0 Å². The predicted molar refractivity (Wildman–Crippen MR) is 77.3 cm³/mol. The van der Waals surface area contributed by atoms with Crippen molar-refractivity contribution in [2.75, 3.05) is 32.1 Å². The fourth-order valence-corrected chi connectivity index (χ4v) is 3.02. The SMILES string of the molecule is CNCCC(=O)N1CCc2ccc(S(=O)(=O)NC)cc21. The second kappa shape index (κ2) is 5.90. The summed E-state index contributed by atoms with van der Waals surface area (Å²) in [4.78, 5) is 14.0. The molecule has 1 aromatic carbocycles. The lowest BCUT2D eigenvalue weighted by molar-refractivity contribution is -0.118. The lowest BCUT2D eigenvalue weighted by Crippen LogP contribution is -2.31. The number of nitrogens with zero attached hydrogens (tertiary/aromatic N) is 1. The number of rotatable bonds is 5. The Labute approximate surface area is 119 Å². The van der Waals surface area contributed by atoms with Gasteiger partial charge in [-0.15, -0.1) is 0 Å². The second-order valence-corrected chi connectivity index (χ2v) is 6.53. The van der Waals surface area contributed by atoms with Crippen molar-refractivity contribution in [3.63, 3.8) is 0 Å². The number of nitrogens with one attached hydrogen (secondary N) is 2. The van der Waals surface area contributed by atoms with Gasteiger partial charge in [0.1, 0.15) is 0 Å². The van der Waals surface area contributed by atoms with E-state index < -0.39 is 10.0 Å². The summed E-state index contributed by atoms with van der Waals surface area (Å²) >= 11 is 0. The number of fused-ring (bicyclic) bond motifs is 1. The Morgan fingerprint density at radius 3 is 2.75 bits per heavy atom. The molecule has 0 saturated carbocycles. The molecule has 1 amide bonds. The van der Waals surface area contributed by atoms with E-state index in [0.29, 0.717) is 25.2 Å². The van der Waals surface area contributed by atoms with Gasteiger partial charge in [0.2, 0.25) is 15.9 Å². The Morgan fingerprint density at radius 2 is 2.10 bits per heavy atom. The summed E-state index contributed by atoms with van der Waals surface area (Å²) in [6.45, 7) is 1.22. The zero-order chi connectivity index (χ0) is 14.8. The van der Waals surface area contributed by atoms with Crippen LogP contribution in [0.2, 0.25) is 0 Å². The molecule has 0 aliphatic carbocycles. The third-order valence-corrected chi connectivity index (χ3v) is 4.83. The summed E-state index contributed by atoms with van der Waals surface area (Å²) in [6, 6.07) is 4.93. The van der Waals surface area contributed by atoms with Crippen LogP contribution in [0, 0.1) is 0 Å². The van der Waals surface area contributed by atoms with E-state index in [1.165, 1.54) is 7.05 Å². The molecule has 2 N–H and O–H groups in total. The van der Waals surface area contributed by atoms with Gasteiger partial charge in [0.15, 0.2) is 0 Å². The van der Waals surface area contributed by atoms with E-state index in [1.54, 1.807) is 30.1 Å². The Balaban J connectivity index is 2.31.